The third-order valence-corrected chi connectivity index (χ3v) is 4.02. The molecule has 1 amide bonds. The largest absolute Gasteiger partial charge is 0.368 e. The highest BCUT2D eigenvalue weighted by Crippen LogP contribution is 2.28. The third kappa shape index (κ3) is 3.19. The van der Waals surface area contributed by atoms with E-state index in [0.717, 1.165) is 49.3 Å². The molecular weight excluding hydrogens is 250 g/mol. The molecule has 1 atom stereocenters. The maximum Gasteiger partial charge on any atom is 0.239 e. The summed E-state index contributed by atoms with van der Waals surface area (Å²) in [5.41, 5.74) is 10.4. The Kier molecular flexibility index (Phi) is 4.78. The average Bonchev–Trinajstić information content (AvgIpc) is 2.61. The van der Waals surface area contributed by atoms with E-state index in [1.807, 2.05) is 0 Å². The molecular formula is C16H25N3O. The maximum atomic E-state index is 12.1. The highest BCUT2D eigenvalue weighted by Gasteiger charge is 2.28. The molecule has 0 spiro atoms. The molecule has 110 valence electrons. The number of benzene rings is 1. The van der Waals surface area contributed by atoms with Gasteiger partial charge in [0.2, 0.25) is 5.91 Å². The zero-order valence-corrected chi connectivity index (χ0v) is 12.7. The van der Waals surface area contributed by atoms with Gasteiger partial charge in [-0.15, -0.1) is 0 Å². The SMILES string of the molecule is Cc1cc(C)c(C(C(N)=O)N2CCCNCC2)c(C)c1. The van der Waals surface area contributed by atoms with Gasteiger partial charge >= 0.3 is 0 Å². The van der Waals surface area contributed by atoms with Crippen molar-refractivity contribution in [1.29, 1.82) is 0 Å². The normalized spacial score (nSPS) is 18.6. The van der Waals surface area contributed by atoms with Crippen LogP contribution in [0, 0.1) is 20.8 Å². The Balaban J connectivity index is 2.40. The van der Waals surface area contributed by atoms with Gasteiger partial charge in [-0.2, -0.15) is 0 Å². The van der Waals surface area contributed by atoms with Crippen molar-refractivity contribution in [2.45, 2.75) is 33.2 Å². The van der Waals surface area contributed by atoms with Crippen LogP contribution in [0.2, 0.25) is 0 Å². The van der Waals surface area contributed by atoms with Crippen LogP contribution in [0.3, 0.4) is 0 Å². The number of hydrogen-bond acceptors (Lipinski definition) is 3. The second-order valence-corrected chi connectivity index (χ2v) is 5.76. The minimum atomic E-state index is -0.310. The Morgan fingerprint density at radius 1 is 1.20 bits per heavy atom. The Morgan fingerprint density at radius 2 is 1.85 bits per heavy atom. The standard InChI is InChI=1S/C16H25N3O/c1-11-9-12(2)14(13(3)10-11)15(16(17)20)19-7-4-5-18-6-8-19/h9-10,15,18H,4-8H2,1-3H3,(H2,17,20). The summed E-state index contributed by atoms with van der Waals surface area (Å²) in [4.78, 5) is 14.3. The molecule has 4 heteroatoms. The van der Waals surface area contributed by atoms with Gasteiger partial charge in [-0.3, -0.25) is 9.69 Å². The van der Waals surface area contributed by atoms with Gasteiger partial charge in [-0.1, -0.05) is 17.7 Å². The number of nitrogens with zero attached hydrogens (tertiary/aromatic N) is 1. The van der Waals surface area contributed by atoms with Crippen molar-refractivity contribution in [3.8, 4) is 0 Å². The van der Waals surface area contributed by atoms with Crippen LogP contribution in [0.1, 0.15) is 34.7 Å². The van der Waals surface area contributed by atoms with Crippen molar-refractivity contribution in [3.63, 3.8) is 0 Å². The molecule has 1 aromatic rings. The number of carbonyl (C=O) groups excluding carboxylic acids is 1. The van der Waals surface area contributed by atoms with E-state index in [4.69, 9.17) is 5.73 Å². The van der Waals surface area contributed by atoms with Gasteiger partial charge in [0.15, 0.2) is 0 Å². The lowest BCUT2D eigenvalue weighted by atomic mass is 9.92. The average molecular weight is 275 g/mol. The summed E-state index contributed by atoms with van der Waals surface area (Å²) < 4.78 is 0. The maximum absolute atomic E-state index is 12.1. The summed E-state index contributed by atoms with van der Waals surface area (Å²) in [5.74, 6) is -0.248. The Bertz CT molecular complexity index is 467. The Morgan fingerprint density at radius 3 is 2.45 bits per heavy atom. The summed E-state index contributed by atoms with van der Waals surface area (Å²) in [6.07, 6.45) is 1.05. The van der Waals surface area contributed by atoms with Crippen LogP contribution in [0.15, 0.2) is 12.1 Å². The van der Waals surface area contributed by atoms with Gasteiger partial charge in [0.25, 0.3) is 0 Å². The molecule has 0 radical (unpaired) electrons. The molecule has 1 heterocycles. The van der Waals surface area contributed by atoms with Crippen molar-refractivity contribution >= 4 is 5.91 Å². The number of rotatable bonds is 3. The fourth-order valence-corrected chi connectivity index (χ4v) is 3.25. The van der Waals surface area contributed by atoms with Gasteiger partial charge in [-0.05, 0) is 50.4 Å². The first-order valence-corrected chi connectivity index (χ1v) is 7.32. The van der Waals surface area contributed by atoms with E-state index in [2.05, 4.69) is 43.1 Å². The van der Waals surface area contributed by atoms with Crippen LogP contribution in [-0.2, 0) is 4.79 Å². The molecule has 1 saturated heterocycles. The van der Waals surface area contributed by atoms with Gasteiger partial charge in [0.05, 0.1) is 0 Å². The molecule has 1 aromatic carbocycles. The number of hydrogen-bond donors (Lipinski definition) is 2. The fourth-order valence-electron chi connectivity index (χ4n) is 3.25. The zero-order chi connectivity index (χ0) is 14.7. The quantitative estimate of drug-likeness (QED) is 0.877. The lowest BCUT2D eigenvalue weighted by molar-refractivity contribution is -0.123. The molecule has 20 heavy (non-hydrogen) atoms. The molecule has 1 aliphatic rings. The molecule has 0 aliphatic carbocycles. The molecule has 0 aromatic heterocycles. The topological polar surface area (TPSA) is 58.4 Å². The zero-order valence-electron chi connectivity index (χ0n) is 12.7. The minimum Gasteiger partial charge on any atom is -0.368 e. The second kappa shape index (κ2) is 6.37. The van der Waals surface area contributed by atoms with Gasteiger partial charge < -0.3 is 11.1 Å². The highest BCUT2D eigenvalue weighted by molar-refractivity contribution is 5.82. The van der Waals surface area contributed by atoms with E-state index in [0.29, 0.717) is 0 Å². The van der Waals surface area contributed by atoms with E-state index in [1.54, 1.807) is 0 Å². The number of primary amides is 1. The molecule has 3 N–H and O–H groups in total. The van der Waals surface area contributed by atoms with Crippen LogP contribution in [0.4, 0.5) is 0 Å². The molecule has 1 aliphatic heterocycles. The fraction of sp³-hybridized carbons (Fsp3) is 0.562. The predicted octanol–water partition coefficient (Wildman–Crippen LogP) is 1.43. The van der Waals surface area contributed by atoms with Crippen molar-refractivity contribution in [2.75, 3.05) is 26.2 Å². The first-order chi connectivity index (χ1) is 9.50. The van der Waals surface area contributed by atoms with Crippen LogP contribution in [-0.4, -0.2) is 37.0 Å². The molecule has 1 unspecified atom stereocenters. The lowest BCUT2D eigenvalue weighted by Gasteiger charge is -2.30. The first kappa shape index (κ1) is 15.0. The smallest absolute Gasteiger partial charge is 0.239 e. The number of amides is 1. The molecule has 2 rings (SSSR count). The van der Waals surface area contributed by atoms with E-state index in [1.165, 1.54) is 5.56 Å². The first-order valence-electron chi connectivity index (χ1n) is 7.32. The van der Waals surface area contributed by atoms with Crippen molar-refractivity contribution < 1.29 is 4.79 Å². The summed E-state index contributed by atoms with van der Waals surface area (Å²) in [7, 11) is 0. The Labute approximate surface area is 121 Å². The summed E-state index contributed by atoms with van der Waals surface area (Å²) in [5, 5.41) is 3.37. The van der Waals surface area contributed by atoms with E-state index >= 15 is 0 Å². The van der Waals surface area contributed by atoms with E-state index in [9.17, 15) is 4.79 Å². The Hall–Kier alpha value is -1.39. The molecule has 1 fully saturated rings. The van der Waals surface area contributed by atoms with Gasteiger partial charge in [0, 0.05) is 19.6 Å². The van der Waals surface area contributed by atoms with E-state index in [-0.39, 0.29) is 11.9 Å². The molecule has 0 bridgehead atoms. The molecule has 0 saturated carbocycles. The minimum absolute atomic E-state index is 0.248. The van der Waals surface area contributed by atoms with Crippen LogP contribution in [0.25, 0.3) is 0 Å². The highest BCUT2D eigenvalue weighted by atomic mass is 16.1. The lowest BCUT2D eigenvalue weighted by Crippen LogP contribution is -2.40. The van der Waals surface area contributed by atoms with Crippen LogP contribution >= 0.6 is 0 Å². The number of carbonyl (C=O) groups is 1. The summed E-state index contributed by atoms with van der Waals surface area (Å²) in [6.45, 7) is 9.91. The van der Waals surface area contributed by atoms with Crippen LogP contribution in [0.5, 0.6) is 0 Å². The molecule has 4 nitrogen and oxygen atoms in total. The van der Waals surface area contributed by atoms with Crippen molar-refractivity contribution in [2.24, 2.45) is 5.73 Å². The predicted molar refractivity (Wildman–Crippen MR) is 81.6 cm³/mol. The summed E-state index contributed by atoms with van der Waals surface area (Å²) >= 11 is 0. The monoisotopic (exact) mass is 275 g/mol. The van der Waals surface area contributed by atoms with Gasteiger partial charge in [0.1, 0.15) is 6.04 Å². The number of nitrogens with one attached hydrogen (secondary N) is 1. The third-order valence-electron chi connectivity index (χ3n) is 4.02. The van der Waals surface area contributed by atoms with Crippen LogP contribution < -0.4 is 11.1 Å². The van der Waals surface area contributed by atoms with Crippen molar-refractivity contribution in [1.82, 2.24) is 10.2 Å². The summed E-state index contributed by atoms with van der Waals surface area (Å²) in [6, 6.07) is 3.96. The van der Waals surface area contributed by atoms with Crippen molar-refractivity contribution in [3.05, 3.63) is 34.4 Å². The number of aryl methyl sites for hydroxylation is 3. The number of nitrogens with two attached hydrogens (primary N) is 1. The van der Waals surface area contributed by atoms with Gasteiger partial charge in [-0.25, -0.2) is 0 Å². The van der Waals surface area contributed by atoms with E-state index < -0.39 is 0 Å². The second-order valence-electron chi connectivity index (χ2n) is 5.76.